The molecule has 0 N–H and O–H groups in total. The van der Waals surface area contributed by atoms with E-state index in [0.717, 1.165) is 20.5 Å². The first-order chi connectivity index (χ1) is 11.6. The molecule has 0 saturated carbocycles. The molecular weight excluding hydrogens is 322 g/mol. The molecule has 0 unspecified atom stereocenters. The second-order valence-corrected chi connectivity index (χ2v) is 6.77. The van der Waals surface area contributed by atoms with Crippen LogP contribution in [0.5, 0.6) is 0 Å². The molecule has 0 aliphatic carbocycles. The first-order valence-corrected chi connectivity index (χ1v) is 8.36. The van der Waals surface area contributed by atoms with E-state index in [4.69, 9.17) is 0 Å². The molecule has 4 rings (SSSR count). The molecule has 0 spiro atoms. The number of nitrogens with zero attached hydrogens (tertiary/aromatic N) is 1. The Labute approximate surface area is 142 Å². The van der Waals surface area contributed by atoms with Gasteiger partial charge in [-0.3, -0.25) is 19.3 Å². The van der Waals surface area contributed by atoms with Gasteiger partial charge in [-0.1, -0.05) is 30.3 Å². The van der Waals surface area contributed by atoms with Crippen LogP contribution in [0.1, 0.15) is 36.0 Å². The van der Waals surface area contributed by atoms with Crippen molar-refractivity contribution in [2.45, 2.75) is 6.92 Å². The summed E-state index contributed by atoms with van der Waals surface area (Å²) >= 11 is 1.40. The lowest BCUT2D eigenvalue weighted by atomic mass is 10.1. The van der Waals surface area contributed by atoms with Crippen LogP contribution in [0.4, 0.5) is 0 Å². The molecule has 0 bridgehead atoms. The topological polar surface area (TPSA) is 54.5 Å². The third-order valence-corrected chi connectivity index (χ3v) is 5.59. The smallest absolute Gasteiger partial charge is 0.261 e. The van der Waals surface area contributed by atoms with Gasteiger partial charge < -0.3 is 0 Å². The Hall–Kier alpha value is -2.79. The summed E-state index contributed by atoms with van der Waals surface area (Å²) in [7, 11) is 0. The maximum Gasteiger partial charge on any atom is 0.261 e. The van der Waals surface area contributed by atoms with Crippen LogP contribution in [-0.4, -0.2) is 29.0 Å². The Morgan fingerprint density at radius 1 is 0.958 bits per heavy atom. The number of carbonyl (C=O) groups excluding carboxylic acids is 3. The molecule has 0 saturated heterocycles. The maximum atomic E-state index is 12.7. The van der Waals surface area contributed by atoms with Crippen LogP contribution < -0.4 is 0 Å². The lowest BCUT2D eigenvalue weighted by Gasteiger charge is -2.12. The van der Waals surface area contributed by atoms with Gasteiger partial charge in [0.25, 0.3) is 11.8 Å². The highest BCUT2D eigenvalue weighted by Crippen LogP contribution is 2.31. The van der Waals surface area contributed by atoms with E-state index in [-0.39, 0.29) is 12.3 Å². The van der Waals surface area contributed by atoms with E-state index in [1.165, 1.54) is 11.3 Å². The molecule has 4 nitrogen and oxygen atoms in total. The number of benzene rings is 2. The van der Waals surface area contributed by atoms with Crippen LogP contribution >= 0.6 is 11.3 Å². The molecule has 2 aromatic carbocycles. The first kappa shape index (κ1) is 14.8. The van der Waals surface area contributed by atoms with E-state index >= 15 is 0 Å². The Morgan fingerprint density at radius 3 is 2.17 bits per heavy atom. The zero-order valence-electron chi connectivity index (χ0n) is 12.9. The van der Waals surface area contributed by atoms with Crippen molar-refractivity contribution in [1.29, 1.82) is 0 Å². The number of ketones is 1. The second kappa shape index (κ2) is 5.39. The Balaban J connectivity index is 1.66. The van der Waals surface area contributed by atoms with Gasteiger partial charge in [-0.05, 0) is 36.1 Å². The largest absolute Gasteiger partial charge is 0.291 e. The van der Waals surface area contributed by atoms with Crippen LogP contribution in [0.3, 0.4) is 0 Å². The van der Waals surface area contributed by atoms with Crippen LogP contribution in [0.15, 0.2) is 48.5 Å². The van der Waals surface area contributed by atoms with Crippen LogP contribution in [-0.2, 0) is 0 Å². The average molecular weight is 335 g/mol. The van der Waals surface area contributed by atoms with E-state index in [1.54, 1.807) is 24.3 Å². The van der Waals surface area contributed by atoms with E-state index in [0.29, 0.717) is 16.0 Å². The fraction of sp³-hybridized carbons (Fsp3) is 0.105. The van der Waals surface area contributed by atoms with Gasteiger partial charge in [0.05, 0.1) is 22.5 Å². The lowest BCUT2D eigenvalue weighted by Crippen LogP contribution is -2.34. The Morgan fingerprint density at radius 2 is 1.54 bits per heavy atom. The van der Waals surface area contributed by atoms with Gasteiger partial charge in [0.15, 0.2) is 5.78 Å². The van der Waals surface area contributed by atoms with Crippen molar-refractivity contribution in [2.24, 2.45) is 0 Å². The summed E-state index contributed by atoms with van der Waals surface area (Å²) in [5.74, 6) is -1.01. The highest BCUT2D eigenvalue weighted by molar-refractivity contribution is 7.21. The minimum Gasteiger partial charge on any atom is -0.291 e. The number of rotatable bonds is 3. The van der Waals surface area contributed by atoms with Crippen LogP contribution in [0, 0.1) is 6.92 Å². The van der Waals surface area contributed by atoms with Crippen molar-refractivity contribution in [3.63, 3.8) is 0 Å². The van der Waals surface area contributed by atoms with Crippen molar-refractivity contribution in [3.05, 3.63) is 70.1 Å². The van der Waals surface area contributed by atoms with Gasteiger partial charge in [0, 0.05) is 4.70 Å². The third-order valence-electron chi connectivity index (χ3n) is 4.28. The van der Waals surface area contributed by atoms with Crippen molar-refractivity contribution >= 4 is 39.0 Å². The molecule has 1 aliphatic rings. The number of Topliss-reactive ketones (excluding diaryl/α,β-unsaturated/α-hetero) is 1. The van der Waals surface area contributed by atoms with Gasteiger partial charge in [-0.2, -0.15) is 0 Å². The highest BCUT2D eigenvalue weighted by Gasteiger charge is 2.36. The summed E-state index contributed by atoms with van der Waals surface area (Å²) in [6.07, 6.45) is 0. The number of hydrogen-bond acceptors (Lipinski definition) is 4. The Kier molecular flexibility index (Phi) is 3.32. The molecule has 1 aliphatic heterocycles. The predicted molar refractivity (Wildman–Crippen MR) is 92.7 cm³/mol. The minimum atomic E-state index is -0.400. The standard InChI is InChI=1S/C19H13NO3S/c1-11-12-6-4-5-9-16(12)24-17(11)15(21)10-20-18(22)13-7-2-3-8-14(13)19(20)23/h2-9H,10H2,1H3. The van der Waals surface area contributed by atoms with Gasteiger partial charge >= 0.3 is 0 Å². The molecule has 0 fully saturated rings. The normalized spacial score (nSPS) is 13.6. The quantitative estimate of drug-likeness (QED) is 0.542. The highest BCUT2D eigenvalue weighted by atomic mass is 32.1. The summed E-state index contributed by atoms with van der Waals surface area (Å²) in [5.41, 5.74) is 1.63. The van der Waals surface area contributed by atoms with Gasteiger partial charge in [0.1, 0.15) is 0 Å². The predicted octanol–water partition coefficient (Wildman–Crippen LogP) is 3.69. The number of fused-ring (bicyclic) bond motifs is 2. The van der Waals surface area contributed by atoms with Crippen LogP contribution in [0.25, 0.3) is 10.1 Å². The summed E-state index contributed by atoms with van der Waals surface area (Å²) in [5, 5.41) is 1.04. The van der Waals surface area contributed by atoms with Crippen LogP contribution in [0.2, 0.25) is 0 Å². The number of imide groups is 1. The fourth-order valence-corrected chi connectivity index (χ4v) is 4.18. The monoisotopic (exact) mass is 335 g/mol. The van der Waals surface area contributed by atoms with Gasteiger partial charge in [0.2, 0.25) is 0 Å². The molecule has 0 atom stereocenters. The molecule has 2 amide bonds. The average Bonchev–Trinajstić information content (AvgIpc) is 3.06. The summed E-state index contributed by atoms with van der Waals surface area (Å²) in [6.45, 7) is 1.68. The fourth-order valence-electron chi connectivity index (χ4n) is 3.04. The first-order valence-electron chi connectivity index (χ1n) is 7.54. The SMILES string of the molecule is Cc1c(C(=O)CN2C(=O)c3ccccc3C2=O)sc2ccccc12. The van der Waals surface area contributed by atoms with Crippen molar-refractivity contribution in [1.82, 2.24) is 4.90 Å². The van der Waals surface area contributed by atoms with E-state index in [2.05, 4.69) is 0 Å². The zero-order chi connectivity index (χ0) is 16.8. The molecular formula is C19H13NO3S. The van der Waals surface area contributed by atoms with E-state index in [1.807, 2.05) is 31.2 Å². The van der Waals surface area contributed by atoms with Gasteiger partial charge in [-0.25, -0.2) is 0 Å². The Bertz CT molecular complexity index is 983. The number of thiophene rings is 1. The number of amides is 2. The molecule has 2 heterocycles. The van der Waals surface area contributed by atoms with Crippen molar-refractivity contribution in [2.75, 3.05) is 6.54 Å². The maximum absolute atomic E-state index is 12.7. The molecule has 118 valence electrons. The molecule has 5 heteroatoms. The number of hydrogen-bond donors (Lipinski definition) is 0. The van der Waals surface area contributed by atoms with E-state index < -0.39 is 11.8 Å². The molecule has 3 aromatic rings. The van der Waals surface area contributed by atoms with Gasteiger partial charge in [-0.15, -0.1) is 11.3 Å². The second-order valence-electron chi connectivity index (χ2n) is 5.72. The summed E-state index contributed by atoms with van der Waals surface area (Å²) in [6, 6.07) is 14.5. The van der Waals surface area contributed by atoms with Crippen molar-refractivity contribution < 1.29 is 14.4 Å². The third kappa shape index (κ3) is 2.09. The molecule has 24 heavy (non-hydrogen) atoms. The van der Waals surface area contributed by atoms with E-state index in [9.17, 15) is 14.4 Å². The van der Waals surface area contributed by atoms with Crippen molar-refractivity contribution in [3.8, 4) is 0 Å². The lowest BCUT2D eigenvalue weighted by molar-refractivity contribution is 0.0625. The number of carbonyl (C=O) groups is 3. The molecule has 0 radical (unpaired) electrons. The zero-order valence-corrected chi connectivity index (χ0v) is 13.7. The number of aryl methyl sites for hydroxylation is 1. The molecule has 1 aromatic heterocycles. The summed E-state index contributed by atoms with van der Waals surface area (Å²) < 4.78 is 1.03. The minimum absolute atomic E-state index is 0.205. The summed E-state index contributed by atoms with van der Waals surface area (Å²) in [4.78, 5) is 39.1.